The summed E-state index contributed by atoms with van der Waals surface area (Å²) >= 11 is 0. The summed E-state index contributed by atoms with van der Waals surface area (Å²) in [5.74, 6) is 0. The lowest BCUT2D eigenvalue weighted by atomic mass is 9.97. The SMILES string of the molecule is Cc1cc(C)c(C#N)c(-c2ccccn2)c1. The maximum absolute atomic E-state index is 9.17. The molecule has 1 aromatic carbocycles. The lowest BCUT2D eigenvalue weighted by Crippen LogP contribution is -1.92. The average molecular weight is 208 g/mol. The van der Waals surface area contributed by atoms with E-state index in [1.807, 2.05) is 44.2 Å². The van der Waals surface area contributed by atoms with E-state index in [1.54, 1.807) is 6.20 Å². The number of aryl methyl sites for hydroxylation is 2. The second kappa shape index (κ2) is 4.16. The average Bonchev–Trinajstić information content (AvgIpc) is 2.29. The Kier molecular flexibility index (Phi) is 2.70. The predicted octanol–water partition coefficient (Wildman–Crippen LogP) is 3.24. The first-order valence-corrected chi connectivity index (χ1v) is 5.15. The van der Waals surface area contributed by atoms with Crippen molar-refractivity contribution in [3.8, 4) is 17.3 Å². The molecule has 0 aliphatic rings. The zero-order chi connectivity index (χ0) is 11.5. The van der Waals surface area contributed by atoms with Crippen LogP contribution in [0.3, 0.4) is 0 Å². The molecule has 0 amide bonds. The van der Waals surface area contributed by atoms with Gasteiger partial charge in [0.25, 0.3) is 0 Å². The maximum Gasteiger partial charge on any atom is 0.100 e. The van der Waals surface area contributed by atoms with E-state index in [9.17, 15) is 5.26 Å². The molecule has 0 fully saturated rings. The maximum atomic E-state index is 9.17. The van der Waals surface area contributed by atoms with Gasteiger partial charge in [0.2, 0.25) is 0 Å². The molecule has 0 radical (unpaired) electrons. The topological polar surface area (TPSA) is 36.7 Å². The molecule has 2 heteroatoms. The monoisotopic (exact) mass is 208 g/mol. The van der Waals surface area contributed by atoms with Crippen molar-refractivity contribution in [3.63, 3.8) is 0 Å². The first-order chi connectivity index (χ1) is 7.72. The summed E-state index contributed by atoms with van der Waals surface area (Å²) in [6.07, 6.45) is 1.74. The van der Waals surface area contributed by atoms with Gasteiger partial charge < -0.3 is 0 Å². The molecule has 0 atom stereocenters. The van der Waals surface area contributed by atoms with Crippen molar-refractivity contribution >= 4 is 0 Å². The highest BCUT2D eigenvalue weighted by molar-refractivity contribution is 5.70. The van der Waals surface area contributed by atoms with E-state index in [-0.39, 0.29) is 0 Å². The zero-order valence-electron chi connectivity index (χ0n) is 9.36. The molecule has 0 aliphatic heterocycles. The first-order valence-electron chi connectivity index (χ1n) is 5.15. The Morgan fingerprint density at radius 3 is 2.62 bits per heavy atom. The van der Waals surface area contributed by atoms with Crippen LogP contribution < -0.4 is 0 Å². The van der Waals surface area contributed by atoms with Crippen molar-refractivity contribution in [2.75, 3.05) is 0 Å². The van der Waals surface area contributed by atoms with Gasteiger partial charge in [0.1, 0.15) is 6.07 Å². The summed E-state index contributed by atoms with van der Waals surface area (Å²) in [6, 6.07) is 12.0. The number of aromatic nitrogens is 1. The van der Waals surface area contributed by atoms with Crippen molar-refractivity contribution in [1.29, 1.82) is 5.26 Å². The Labute approximate surface area is 95.2 Å². The minimum Gasteiger partial charge on any atom is -0.256 e. The van der Waals surface area contributed by atoms with Crippen molar-refractivity contribution < 1.29 is 0 Å². The quantitative estimate of drug-likeness (QED) is 0.721. The smallest absolute Gasteiger partial charge is 0.100 e. The fourth-order valence-corrected chi connectivity index (χ4v) is 1.84. The number of nitrogens with zero attached hydrogens (tertiary/aromatic N) is 2. The molecule has 0 saturated carbocycles. The third kappa shape index (κ3) is 1.80. The van der Waals surface area contributed by atoms with Gasteiger partial charge in [-0.3, -0.25) is 4.98 Å². The third-order valence-electron chi connectivity index (χ3n) is 2.53. The van der Waals surface area contributed by atoms with Crippen molar-refractivity contribution in [1.82, 2.24) is 4.98 Å². The van der Waals surface area contributed by atoms with Gasteiger partial charge in [-0.25, -0.2) is 0 Å². The molecule has 16 heavy (non-hydrogen) atoms. The second-order valence-electron chi connectivity index (χ2n) is 3.83. The van der Waals surface area contributed by atoms with Crippen LogP contribution in [-0.2, 0) is 0 Å². The molecule has 0 bridgehead atoms. The number of benzene rings is 1. The lowest BCUT2D eigenvalue weighted by molar-refractivity contribution is 1.28. The number of hydrogen-bond acceptors (Lipinski definition) is 2. The molecular weight excluding hydrogens is 196 g/mol. The molecule has 2 rings (SSSR count). The van der Waals surface area contributed by atoms with Gasteiger partial charge in [-0.2, -0.15) is 5.26 Å². The molecular formula is C14H12N2. The molecule has 78 valence electrons. The fraction of sp³-hybridized carbons (Fsp3) is 0.143. The van der Waals surface area contributed by atoms with Crippen molar-refractivity contribution in [2.45, 2.75) is 13.8 Å². The molecule has 0 N–H and O–H groups in total. The molecule has 0 unspecified atom stereocenters. The molecule has 1 aromatic heterocycles. The van der Waals surface area contributed by atoms with Crippen LogP contribution in [-0.4, -0.2) is 4.98 Å². The molecule has 2 aromatic rings. The number of hydrogen-bond donors (Lipinski definition) is 0. The molecule has 0 saturated heterocycles. The van der Waals surface area contributed by atoms with Gasteiger partial charge in [-0.15, -0.1) is 0 Å². The lowest BCUT2D eigenvalue weighted by Gasteiger charge is -2.07. The minimum atomic E-state index is 0.712. The Morgan fingerprint density at radius 2 is 2.00 bits per heavy atom. The molecule has 2 nitrogen and oxygen atoms in total. The van der Waals surface area contributed by atoms with Gasteiger partial charge in [0.05, 0.1) is 11.3 Å². The van der Waals surface area contributed by atoms with Crippen LogP contribution in [0.1, 0.15) is 16.7 Å². The van der Waals surface area contributed by atoms with Gasteiger partial charge in [-0.1, -0.05) is 17.7 Å². The van der Waals surface area contributed by atoms with E-state index in [2.05, 4.69) is 11.1 Å². The van der Waals surface area contributed by atoms with Crippen molar-refractivity contribution in [2.24, 2.45) is 0 Å². The van der Waals surface area contributed by atoms with Crippen LogP contribution in [0, 0.1) is 25.2 Å². The zero-order valence-corrected chi connectivity index (χ0v) is 9.36. The van der Waals surface area contributed by atoms with Crippen LogP contribution in [0.2, 0.25) is 0 Å². The van der Waals surface area contributed by atoms with Gasteiger partial charge in [0.15, 0.2) is 0 Å². The van der Waals surface area contributed by atoms with Crippen LogP contribution in [0.25, 0.3) is 11.3 Å². The second-order valence-corrected chi connectivity index (χ2v) is 3.83. The van der Waals surface area contributed by atoms with Gasteiger partial charge in [-0.05, 0) is 37.6 Å². The minimum absolute atomic E-state index is 0.712. The number of rotatable bonds is 1. The Hall–Kier alpha value is -2.14. The highest BCUT2D eigenvalue weighted by Crippen LogP contribution is 2.25. The highest BCUT2D eigenvalue weighted by Gasteiger charge is 2.09. The van der Waals surface area contributed by atoms with Crippen LogP contribution in [0.15, 0.2) is 36.5 Å². The largest absolute Gasteiger partial charge is 0.256 e. The summed E-state index contributed by atoms with van der Waals surface area (Å²) in [5.41, 5.74) is 4.64. The van der Waals surface area contributed by atoms with Gasteiger partial charge in [0, 0.05) is 11.8 Å². The fourth-order valence-electron chi connectivity index (χ4n) is 1.84. The van der Waals surface area contributed by atoms with E-state index >= 15 is 0 Å². The number of nitriles is 1. The summed E-state index contributed by atoms with van der Waals surface area (Å²) < 4.78 is 0. The first kappa shape index (κ1) is 10.4. The van der Waals surface area contributed by atoms with Crippen molar-refractivity contribution in [3.05, 3.63) is 53.2 Å². The summed E-state index contributed by atoms with van der Waals surface area (Å²) in [7, 11) is 0. The van der Waals surface area contributed by atoms with E-state index in [0.29, 0.717) is 5.56 Å². The van der Waals surface area contributed by atoms with E-state index < -0.39 is 0 Å². The normalized spacial score (nSPS) is 9.81. The summed E-state index contributed by atoms with van der Waals surface area (Å²) in [4.78, 5) is 4.29. The van der Waals surface area contributed by atoms with E-state index in [0.717, 1.165) is 22.4 Å². The van der Waals surface area contributed by atoms with E-state index in [4.69, 9.17) is 0 Å². The van der Waals surface area contributed by atoms with Crippen LogP contribution >= 0.6 is 0 Å². The highest BCUT2D eigenvalue weighted by atomic mass is 14.7. The Balaban J connectivity index is 2.70. The summed E-state index contributed by atoms with van der Waals surface area (Å²) in [5, 5.41) is 9.17. The predicted molar refractivity (Wildman–Crippen MR) is 63.9 cm³/mol. The Bertz CT molecular complexity index is 551. The van der Waals surface area contributed by atoms with E-state index in [1.165, 1.54) is 0 Å². The van der Waals surface area contributed by atoms with Gasteiger partial charge >= 0.3 is 0 Å². The van der Waals surface area contributed by atoms with Crippen LogP contribution in [0.4, 0.5) is 0 Å². The number of pyridine rings is 1. The Morgan fingerprint density at radius 1 is 1.19 bits per heavy atom. The molecule has 0 spiro atoms. The summed E-state index contributed by atoms with van der Waals surface area (Å²) in [6.45, 7) is 3.98. The standard InChI is InChI=1S/C14H12N2/c1-10-7-11(2)13(9-15)12(8-10)14-5-3-4-6-16-14/h3-8H,1-2H3. The third-order valence-corrected chi connectivity index (χ3v) is 2.53. The molecule has 0 aliphatic carbocycles. The van der Waals surface area contributed by atoms with Crippen LogP contribution in [0.5, 0.6) is 0 Å². The molecule has 1 heterocycles.